The Morgan fingerprint density at radius 2 is 1.53 bits per heavy atom. The van der Waals surface area contributed by atoms with E-state index in [1.54, 1.807) is 5.57 Å². The summed E-state index contributed by atoms with van der Waals surface area (Å²) >= 11 is 0. The summed E-state index contributed by atoms with van der Waals surface area (Å²) < 4.78 is 17.3. The summed E-state index contributed by atoms with van der Waals surface area (Å²) in [6.45, 7) is 6.16. The van der Waals surface area contributed by atoms with Gasteiger partial charge in [-0.1, -0.05) is 11.1 Å². The lowest BCUT2D eigenvalue weighted by Crippen LogP contribution is -2.37. The van der Waals surface area contributed by atoms with Gasteiger partial charge in [-0.2, -0.15) is 0 Å². The number of hydrogen-bond acceptors (Lipinski definition) is 3. The third-order valence-corrected chi connectivity index (χ3v) is 4.53. The minimum atomic E-state index is -0.0218. The van der Waals surface area contributed by atoms with E-state index in [4.69, 9.17) is 14.2 Å². The van der Waals surface area contributed by atoms with E-state index in [0.29, 0.717) is 23.7 Å². The molecule has 0 unspecified atom stereocenters. The van der Waals surface area contributed by atoms with E-state index < -0.39 is 0 Å². The molecular weight excluding hydrogens is 192 g/mol. The zero-order chi connectivity index (χ0) is 10.2. The van der Waals surface area contributed by atoms with Crippen molar-refractivity contribution in [2.75, 3.05) is 13.2 Å². The molecule has 3 aliphatic heterocycles. The SMILES string of the molecule is CC(C)=C1[C@@H]2[C@H]3OC[C@@H]2[C@@H]2CO[C@H](O3)[C@H]12. The van der Waals surface area contributed by atoms with Gasteiger partial charge >= 0.3 is 0 Å². The van der Waals surface area contributed by atoms with Gasteiger partial charge in [0.15, 0.2) is 12.6 Å². The van der Waals surface area contributed by atoms with Crippen molar-refractivity contribution < 1.29 is 14.2 Å². The highest BCUT2D eigenvalue weighted by Crippen LogP contribution is 2.60. The van der Waals surface area contributed by atoms with Gasteiger partial charge in [-0.3, -0.25) is 0 Å². The van der Waals surface area contributed by atoms with Crippen molar-refractivity contribution in [1.29, 1.82) is 0 Å². The fraction of sp³-hybridized carbons (Fsp3) is 0.833. The van der Waals surface area contributed by atoms with Crippen molar-refractivity contribution in [1.82, 2.24) is 0 Å². The minimum absolute atomic E-state index is 0.0218. The monoisotopic (exact) mass is 208 g/mol. The fourth-order valence-electron chi connectivity index (χ4n) is 4.03. The normalized spacial score (nSPS) is 55.2. The van der Waals surface area contributed by atoms with E-state index in [2.05, 4.69) is 13.8 Å². The van der Waals surface area contributed by atoms with E-state index in [0.717, 1.165) is 13.2 Å². The second kappa shape index (κ2) is 2.65. The Kier molecular flexibility index (Phi) is 1.54. The topological polar surface area (TPSA) is 27.7 Å². The van der Waals surface area contributed by atoms with Gasteiger partial charge < -0.3 is 14.2 Å². The van der Waals surface area contributed by atoms with Gasteiger partial charge in [0.05, 0.1) is 13.2 Å². The molecule has 1 saturated carbocycles. The maximum atomic E-state index is 5.86. The molecule has 0 N–H and O–H groups in total. The largest absolute Gasteiger partial charge is 0.352 e. The summed E-state index contributed by atoms with van der Waals surface area (Å²) in [5.41, 5.74) is 3.04. The lowest BCUT2D eigenvalue weighted by Gasteiger charge is -2.33. The number of fused-ring (bicyclic) bond motifs is 1. The summed E-state index contributed by atoms with van der Waals surface area (Å²) in [7, 11) is 0. The van der Waals surface area contributed by atoms with Crippen LogP contribution in [0.15, 0.2) is 11.1 Å². The average Bonchev–Trinajstić information content (AvgIpc) is 2.81. The second-order valence-corrected chi connectivity index (χ2v) is 5.37. The van der Waals surface area contributed by atoms with Crippen molar-refractivity contribution >= 4 is 0 Å². The highest BCUT2D eigenvalue weighted by atomic mass is 16.8. The predicted octanol–water partition coefficient (Wildman–Crippen LogP) is 1.54. The summed E-state index contributed by atoms with van der Waals surface area (Å²) in [6, 6.07) is 0. The van der Waals surface area contributed by atoms with Gasteiger partial charge in [-0.05, 0) is 25.7 Å². The molecule has 3 nitrogen and oxygen atoms in total. The van der Waals surface area contributed by atoms with Gasteiger partial charge in [0.1, 0.15) is 0 Å². The zero-order valence-corrected chi connectivity index (χ0v) is 9.10. The smallest absolute Gasteiger partial charge is 0.167 e. The highest BCUT2D eigenvalue weighted by Gasteiger charge is 2.64. The lowest BCUT2D eigenvalue weighted by molar-refractivity contribution is -0.246. The Balaban J connectivity index is 1.90. The van der Waals surface area contributed by atoms with Crippen LogP contribution in [0.4, 0.5) is 0 Å². The van der Waals surface area contributed by atoms with Crippen LogP contribution in [0.3, 0.4) is 0 Å². The van der Waals surface area contributed by atoms with Crippen molar-refractivity contribution in [2.45, 2.75) is 26.4 Å². The molecule has 3 saturated heterocycles. The van der Waals surface area contributed by atoms with E-state index >= 15 is 0 Å². The van der Waals surface area contributed by atoms with Crippen LogP contribution in [0.5, 0.6) is 0 Å². The molecule has 4 aliphatic rings. The van der Waals surface area contributed by atoms with Crippen LogP contribution in [-0.2, 0) is 14.2 Å². The van der Waals surface area contributed by atoms with Crippen molar-refractivity contribution in [2.24, 2.45) is 23.7 Å². The highest BCUT2D eigenvalue weighted by molar-refractivity contribution is 5.30. The molecule has 82 valence electrons. The first-order chi connectivity index (χ1) is 7.27. The Hall–Kier alpha value is -0.380. The third-order valence-electron chi connectivity index (χ3n) is 4.53. The number of hydrogen-bond donors (Lipinski definition) is 0. The fourth-order valence-corrected chi connectivity index (χ4v) is 4.03. The molecule has 3 heterocycles. The van der Waals surface area contributed by atoms with Crippen LogP contribution >= 0.6 is 0 Å². The van der Waals surface area contributed by atoms with Crippen LogP contribution in [0.1, 0.15) is 13.8 Å². The molecular formula is C12H16O3. The molecule has 2 bridgehead atoms. The molecule has 0 aromatic heterocycles. The summed E-state index contributed by atoms with van der Waals surface area (Å²) in [4.78, 5) is 0. The van der Waals surface area contributed by atoms with Crippen molar-refractivity contribution in [3.8, 4) is 0 Å². The molecule has 0 aromatic carbocycles. The summed E-state index contributed by atoms with van der Waals surface area (Å²) in [5, 5.41) is 0. The first-order valence-corrected chi connectivity index (χ1v) is 5.83. The Bertz CT molecular complexity index is 319. The van der Waals surface area contributed by atoms with Crippen LogP contribution in [0.2, 0.25) is 0 Å². The molecule has 0 aromatic rings. The Morgan fingerprint density at radius 1 is 1.00 bits per heavy atom. The van der Waals surface area contributed by atoms with Gasteiger partial charge in [-0.15, -0.1) is 0 Å². The quantitative estimate of drug-likeness (QED) is 0.565. The van der Waals surface area contributed by atoms with E-state index in [9.17, 15) is 0 Å². The molecule has 0 spiro atoms. The Labute approximate surface area is 89.4 Å². The number of rotatable bonds is 0. The third kappa shape index (κ3) is 0.884. The predicted molar refractivity (Wildman–Crippen MR) is 52.9 cm³/mol. The average molecular weight is 208 g/mol. The zero-order valence-electron chi connectivity index (χ0n) is 9.10. The van der Waals surface area contributed by atoms with Crippen LogP contribution in [-0.4, -0.2) is 25.8 Å². The summed E-state index contributed by atoms with van der Waals surface area (Å²) in [6.07, 6.45) is -0.0436. The van der Waals surface area contributed by atoms with Gasteiger partial charge in [0.25, 0.3) is 0 Å². The van der Waals surface area contributed by atoms with Crippen molar-refractivity contribution in [3.63, 3.8) is 0 Å². The molecule has 4 rings (SSSR count). The van der Waals surface area contributed by atoms with Gasteiger partial charge in [0, 0.05) is 11.8 Å². The van der Waals surface area contributed by atoms with Crippen LogP contribution < -0.4 is 0 Å². The number of allylic oxidation sites excluding steroid dienone is 1. The maximum Gasteiger partial charge on any atom is 0.167 e. The first kappa shape index (κ1) is 8.74. The van der Waals surface area contributed by atoms with E-state index in [1.165, 1.54) is 5.57 Å². The molecule has 15 heavy (non-hydrogen) atoms. The van der Waals surface area contributed by atoms with E-state index in [-0.39, 0.29) is 12.6 Å². The van der Waals surface area contributed by atoms with Crippen LogP contribution in [0, 0.1) is 23.7 Å². The molecule has 3 heteroatoms. The Morgan fingerprint density at radius 3 is 2.00 bits per heavy atom. The molecule has 4 fully saturated rings. The standard InChI is InChI=1S/C12H16O3/c1-5(2)8-9-6-3-13-11(9)15-12-10(8)7(6)4-14-12/h6-7,9-12H,3-4H2,1-2H3/t6-,7+,9-,10+,11+,12-. The maximum absolute atomic E-state index is 5.86. The van der Waals surface area contributed by atoms with Crippen molar-refractivity contribution in [3.05, 3.63) is 11.1 Å². The first-order valence-electron chi connectivity index (χ1n) is 5.83. The minimum Gasteiger partial charge on any atom is -0.352 e. The van der Waals surface area contributed by atoms with E-state index in [1.807, 2.05) is 0 Å². The van der Waals surface area contributed by atoms with Gasteiger partial charge in [-0.25, -0.2) is 0 Å². The second-order valence-electron chi connectivity index (χ2n) is 5.37. The lowest BCUT2D eigenvalue weighted by atomic mass is 9.88. The van der Waals surface area contributed by atoms with Gasteiger partial charge in [0.2, 0.25) is 0 Å². The molecule has 1 aliphatic carbocycles. The molecule has 0 radical (unpaired) electrons. The molecule has 0 amide bonds. The van der Waals surface area contributed by atoms with Crippen LogP contribution in [0.25, 0.3) is 0 Å². The molecule has 6 atom stereocenters. The summed E-state index contributed by atoms with van der Waals surface area (Å²) in [5.74, 6) is 2.37. The number of ether oxygens (including phenoxy) is 3.